The highest BCUT2D eigenvalue weighted by Gasteiger charge is 2.18. The molecule has 0 fully saturated rings. The van der Waals surface area contributed by atoms with Gasteiger partial charge in [-0.3, -0.25) is 15.0 Å². The second-order valence-corrected chi connectivity index (χ2v) is 8.87. The molecule has 0 atom stereocenters. The number of primary amides is 1. The van der Waals surface area contributed by atoms with Gasteiger partial charge in [0.15, 0.2) is 5.82 Å². The molecule has 2 aromatic heterocycles. The SMILES string of the molecule is NCc1cccc(N(C(N)=O)c2ccc(-c3ccc(OCCCc4ccncc4)c4[nH]nc(N)c34)cc2)c1. The fraction of sp³-hybridized carbons (Fsp3) is 0.138. The Morgan fingerprint density at radius 1 is 0.947 bits per heavy atom. The first-order valence-electron chi connectivity index (χ1n) is 12.3. The number of benzene rings is 3. The van der Waals surface area contributed by atoms with Crippen LogP contribution in [0, 0.1) is 0 Å². The van der Waals surface area contributed by atoms with E-state index in [9.17, 15) is 4.79 Å². The smallest absolute Gasteiger partial charge is 0.323 e. The van der Waals surface area contributed by atoms with Gasteiger partial charge in [-0.15, -0.1) is 0 Å². The third-order valence-electron chi connectivity index (χ3n) is 6.39. The van der Waals surface area contributed by atoms with Gasteiger partial charge in [0.05, 0.1) is 23.4 Å². The number of aryl methyl sites for hydroxylation is 1. The summed E-state index contributed by atoms with van der Waals surface area (Å²) in [5.41, 5.74) is 23.7. The van der Waals surface area contributed by atoms with E-state index in [4.69, 9.17) is 21.9 Å². The van der Waals surface area contributed by atoms with Crippen molar-refractivity contribution in [1.82, 2.24) is 15.2 Å². The number of fused-ring (bicyclic) bond motifs is 1. The highest BCUT2D eigenvalue weighted by atomic mass is 16.5. The Morgan fingerprint density at radius 3 is 2.47 bits per heavy atom. The van der Waals surface area contributed by atoms with Crippen LogP contribution < -0.4 is 26.8 Å². The molecule has 5 rings (SSSR count). The summed E-state index contributed by atoms with van der Waals surface area (Å²) < 4.78 is 6.08. The average molecular weight is 508 g/mol. The van der Waals surface area contributed by atoms with Gasteiger partial charge in [0.25, 0.3) is 0 Å². The number of carbonyl (C=O) groups is 1. The van der Waals surface area contributed by atoms with Crippen molar-refractivity contribution in [2.24, 2.45) is 11.5 Å². The minimum Gasteiger partial charge on any atom is -0.491 e. The Labute approximate surface area is 220 Å². The zero-order chi connectivity index (χ0) is 26.5. The number of amides is 2. The predicted molar refractivity (Wildman–Crippen MR) is 150 cm³/mol. The van der Waals surface area contributed by atoms with E-state index in [1.807, 2.05) is 72.8 Å². The molecule has 0 aliphatic rings. The van der Waals surface area contributed by atoms with Gasteiger partial charge in [0.1, 0.15) is 11.3 Å². The molecule has 0 saturated heterocycles. The van der Waals surface area contributed by atoms with Crippen molar-refractivity contribution < 1.29 is 9.53 Å². The lowest BCUT2D eigenvalue weighted by Gasteiger charge is -2.21. The standard InChI is InChI=1S/C29H29N7O2/c30-18-20-3-1-5-23(17-20)36(29(32)37)22-8-6-21(7-9-22)24-10-11-25(27-26(24)28(31)35-34-27)38-16-2-4-19-12-14-33-15-13-19/h1,3,5-15,17H,2,4,16,18,30H2,(H2,32,37)(H3,31,34,35). The van der Waals surface area contributed by atoms with Crippen LogP contribution in [0.5, 0.6) is 5.75 Å². The lowest BCUT2D eigenvalue weighted by atomic mass is 10.0. The fourth-order valence-electron chi connectivity index (χ4n) is 4.52. The number of nitrogens with two attached hydrogens (primary N) is 3. The molecule has 192 valence electrons. The van der Waals surface area contributed by atoms with Crippen LogP contribution in [0.4, 0.5) is 22.0 Å². The van der Waals surface area contributed by atoms with Gasteiger partial charge in [-0.2, -0.15) is 5.10 Å². The number of nitrogens with zero attached hydrogens (tertiary/aromatic N) is 3. The summed E-state index contributed by atoms with van der Waals surface area (Å²) in [6.45, 7) is 0.921. The van der Waals surface area contributed by atoms with Crippen molar-refractivity contribution in [3.05, 3.63) is 96.3 Å². The van der Waals surface area contributed by atoms with E-state index < -0.39 is 6.03 Å². The molecule has 9 heteroatoms. The molecule has 5 aromatic rings. The first-order chi connectivity index (χ1) is 18.5. The Morgan fingerprint density at radius 2 is 1.74 bits per heavy atom. The van der Waals surface area contributed by atoms with E-state index in [-0.39, 0.29) is 0 Å². The molecule has 0 bridgehead atoms. The molecule has 7 N–H and O–H groups in total. The van der Waals surface area contributed by atoms with Crippen LogP contribution in [0.15, 0.2) is 85.2 Å². The summed E-state index contributed by atoms with van der Waals surface area (Å²) in [7, 11) is 0. The van der Waals surface area contributed by atoms with Crippen molar-refractivity contribution in [3.63, 3.8) is 0 Å². The predicted octanol–water partition coefficient (Wildman–Crippen LogP) is 4.89. The summed E-state index contributed by atoms with van der Waals surface area (Å²) in [6, 6.07) is 22.3. The number of aromatic amines is 1. The molecule has 0 spiro atoms. The third-order valence-corrected chi connectivity index (χ3v) is 6.39. The maximum Gasteiger partial charge on any atom is 0.323 e. The van der Waals surface area contributed by atoms with Gasteiger partial charge < -0.3 is 21.9 Å². The Hall–Kier alpha value is -4.89. The molecular formula is C29H29N7O2. The minimum atomic E-state index is -0.584. The lowest BCUT2D eigenvalue weighted by molar-refractivity contribution is 0.256. The number of rotatable bonds is 9. The molecule has 9 nitrogen and oxygen atoms in total. The molecular weight excluding hydrogens is 478 g/mol. The highest BCUT2D eigenvalue weighted by Crippen LogP contribution is 2.37. The number of aromatic nitrogens is 3. The van der Waals surface area contributed by atoms with Gasteiger partial charge in [0, 0.05) is 18.9 Å². The van der Waals surface area contributed by atoms with Crippen molar-refractivity contribution in [3.8, 4) is 16.9 Å². The van der Waals surface area contributed by atoms with Crippen LogP contribution in [0.3, 0.4) is 0 Å². The second-order valence-electron chi connectivity index (χ2n) is 8.87. The van der Waals surface area contributed by atoms with E-state index in [0.29, 0.717) is 36.1 Å². The zero-order valence-corrected chi connectivity index (χ0v) is 20.8. The van der Waals surface area contributed by atoms with Gasteiger partial charge in [0.2, 0.25) is 0 Å². The number of carbonyl (C=O) groups excluding carboxylic acids is 1. The Balaban J connectivity index is 1.38. The van der Waals surface area contributed by atoms with Crippen molar-refractivity contribution in [2.45, 2.75) is 19.4 Å². The Kier molecular flexibility index (Phi) is 7.19. The van der Waals surface area contributed by atoms with Gasteiger partial charge >= 0.3 is 6.03 Å². The highest BCUT2D eigenvalue weighted by molar-refractivity contribution is 6.04. The first-order valence-corrected chi connectivity index (χ1v) is 12.3. The maximum absolute atomic E-state index is 12.3. The summed E-state index contributed by atoms with van der Waals surface area (Å²) in [5, 5.41) is 8.03. The second kappa shape index (κ2) is 11.0. The van der Waals surface area contributed by atoms with E-state index in [2.05, 4.69) is 15.2 Å². The van der Waals surface area contributed by atoms with E-state index >= 15 is 0 Å². The van der Waals surface area contributed by atoms with Crippen LogP contribution in [-0.4, -0.2) is 27.8 Å². The molecule has 0 unspecified atom stereocenters. The molecule has 2 amide bonds. The normalized spacial score (nSPS) is 11.0. The monoisotopic (exact) mass is 507 g/mol. The summed E-state index contributed by atoms with van der Waals surface area (Å²) >= 11 is 0. The lowest BCUT2D eigenvalue weighted by Crippen LogP contribution is -2.31. The number of nitrogen functional groups attached to an aromatic ring is 1. The molecule has 0 saturated carbocycles. The van der Waals surface area contributed by atoms with Gasteiger partial charge in [-0.1, -0.05) is 24.3 Å². The molecule has 3 aromatic carbocycles. The third kappa shape index (κ3) is 5.14. The van der Waals surface area contributed by atoms with E-state index in [1.54, 1.807) is 12.4 Å². The van der Waals surface area contributed by atoms with Crippen LogP contribution in [0.2, 0.25) is 0 Å². The number of urea groups is 1. The summed E-state index contributed by atoms with van der Waals surface area (Å²) in [6.07, 6.45) is 5.36. The molecule has 38 heavy (non-hydrogen) atoms. The number of anilines is 3. The van der Waals surface area contributed by atoms with Gasteiger partial charge in [-0.25, -0.2) is 4.79 Å². The minimum absolute atomic E-state index is 0.367. The maximum atomic E-state index is 12.3. The van der Waals surface area contributed by atoms with E-state index in [0.717, 1.165) is 40.4 Å². The molecule has 0 aliphatic carbocycles. The van der Waals surface area contributed by atoms with Crippen LogP contribution in [0.25, 0.3) is 22.0 Å². The number of nitrogens with one attached hydrogen (secondary N) is 1. The van der Waals surface area contributed by atoms with Crippen LogP contribution >= 0.6 is 0 Å². The van der Waals surface area contributed by atoms with Crippen LogP contribution in [0.1, 0.15) is 17.5 Å². The van der Waals surface area contributed by atoms with Crippen molar-refractivity contribution in [1.29, 1.82) is 0 Å². The Bertz CT molecular complexity index is 1550. The quantitative estimate of drug-likeness (QED) is 0.209. The van der Waals surface area contributed by atoms with E-state index in [1.165, 1.54) is 10.5 Å². The van der Waals surface area contributed by atoms with Crippen molar-refractivity contribution in [2.75, 3.05) is 17.2 Å². The number of hydrogen-bond acceptors (Lipinski definition) is 6. The first kappa shape index (κ1) is 24.8. The topological polar surface area (TPSA) is 149 Å². The summed E-state index contributed by atoms with van der Waals surface area (Å²) in [4.78, 5) is 17.8. The molecule has 0 aliphatic heterocycles. The van der Waals surface area contributed by atoms with Gasteiger partial charge in [-0.05, 0) is 83.6 Å². The van der Waals surface area contributed by atoms with Crippen LogP contribution in [-0.2, 0) is 13.0 Å². The average Bonchev–Trinajstić information content (AvgIpc) is 3.34. The molecule has 2 heterocycles. The largest absolute Gasteiger partial charge is 0.491 e. The summed E-state index contributed by atoms with van der Waals surface area (Å²) in [5.74, 6) is 1.08. The zero-order valence-electron chi connectivity index (χ0n) is 20.8. The van der Waals surface area contributed by atoms with Crippen molar-refractivity contribution >= 4 is 34.1 Å². The number of pyridine rings is 1. The fourth-order valence-corrected chi connectivity index (χ4v) is 4.52. The number of ether oxygens (including phenoxy) is 1. The molecule has 0 radical (unpaired) electrons. The number of H-pyrrole nitrogens is 1. The number of hydrogen-bond donors (Lipinski definition) is 4.